The van der Waals surface area contributed by atoms with Crippen LogP contribution in [-0.4, -0.2) is 15.7 Å². The van der Waals surface area contributed by atoms with Crippen molar-refractivity contribution in [1.82, 2.24) is 9.55 Å². The van der Waals surface area contributed by atoms with Crippen LogP contribution < -0.4 is 10.5 Å². The lowest BCUT2D eigenvalue weighted by atomic mass is 10.1. The lowest BCUT2D eigenvalue weighted by molar-refractivity contribution is 0.242. The van der Waals surface area contributed by atoms with Crippen LogP contribution in [0.1, 0.15) is 27.7 Å². The summed E-state index contributed by atoms with van der Waals surface area (Å²) < 4.78 is 7.71. The maximum absolute atomic E-state index is 6.19. The SMILES string of the molecule is CC(C)Cn1cnc(-c2cccc(OC(C)C)c2)c1N. The summed E-state index contributed by atoms with van der Waals surface area (Å²) in [5.74, 6) is 2.09. The molecule has 0 saturated heterocycles. The van der Waals surface area contributed by atoms with Crippen molar-refractivity contribution in [3.63, 3.8) is 0 Å². The standard InChI is InChI=1S/C16H23N3O/c1-11(2)9-19-10-18-15(16(19)17)13-6-5-7-14(8-13)20-12(3)4/h5-8,10-12H,9,17H2,1-4H3. The zero-order valence-corrected chi connectivity index (χ0v) is 12.6. The van der Waals surface area contributed by atoms with Crippen LogP contribution in [0.25, 0.3) is 11.3 Å². The summed E-state index contributed by atoms with van der Waals surface area (Å²) in [5, 5.41) is 0. The molecule has 1 heterocycles. The summed E-state index contributed by atoms with van der Waals surface area (Å²) in [6.45, 7) is 9.23. The number of hydrogen-bond acceptors (Lipinski definition) is 3. The maximum atomic E-state index is 6.19. The van der Waals surface area contributed by atoms with Gasteiger partial charge in [0.2, 0.25) is 0 Å². The fourth-order valence-corrected chi connectivity index (χ4v) is 2.14. The maximum Gasteiger partial charge on any atom is 0.131 e. The van der Waals surface area contributed by atoms with Crippen molar-refractivity contribution < 1.29 is 4.74 Å². The number of hydrogen-bond donors (Lipinski definition) is 1. The number of ether oxygens (including phenoxy) is 1. The molecule has 0 unspecified atom stereocenters. The zero-order valence-electron chi connectivity index (χ0n) is 12.6. The van der Waals surface area contributed by atoms with Gasteiger partial charge in [0.05, 0.1) is 12.4 Å². The van der Waals surface area contributed by atoms with E-state index in [4.69, 9.17) is 10.5 Å². The summed E-state index contributed by atoms with van der Waals surface area (Å²) in [5.41, 5.74) is 8.00. The number of benzene rings is 1. The van der Waals surface area contributed by atoms with Crippen LogP contribution in [0.15, 0.2) is 30.6 Å². The molecule has 0 radical (unpaired) electrons. The highest BCUT2D eigenvalue weighted by Crippen LogP contribution is 2.28. The molecule has 0 aliphatic rings. The van der Waals surface area contributed by atoms with Crippen molar-refractivity contribution in [3.8, 4) is 17.0 Å². The van der Waals surface area contributed by atoms with Gasteiger partial charge in [-0.2, -0.15) is 0 Å². The first-order chi connectivity index (χ1) is 9.47. The topological polar surface area (TPSA) is 53.1 Å². The third kappa shape index (κ3) is 3.32. The quantitative estimate of drug-likeness (QED) is 0.906. The van der Waals surface area contributed by atoms with E-state index in [1.54, 1.807) is 6.33 Å². The number of nitrogens with two attached hydrogens (primary N) is 1. The van der Waals surface area contributed by atoms with Crippen molar-refractivity contribution >= 4 is 5.82 Å². The Morgan fingerprint density at radius 1 is 1.25 bits per heavy atom. The Kier molecular flexibility index (Phi) is 4.32. The molecule has 4 nitrogen and oxygen atoms in total. The van der Waals surface area contributed by atoms with E-state index in [0.29, 0.717) is 11.7 Å². The van der Waals surface area contributed by atoms with Gasteiger partial charge in [0, 0.05) is 12.1 Å². The smallest absolute Gasteiger partial charge is 0.131 e. The van der Waals surface area contributed by atoms with Crippen molar-refractivity contribution in [2.75, 3.05) is 5.73 Å². The Bertz CT molecular complexity index is 573. The highest BCUT2D eigenvalue weighted by atomic mass is 16.5. The monoisotopic (exact) mass is 273 g/mol. The minimum absolute atomic E-state index is 0.154. The van der Waals surface area contributed by atoms with E-state index in [9.17, 15) is 0 Å². The number of anilines is 1. The Morgan fingerprint density at radius 3 is 2.65 bits per heavy atom. The average Bonchev–Trinajstić information content (AvgIpc) is 2.70. The molecular weight excluding hydrogens is 250 g/mol. The Morgan fingerprint density at radius 2 is 2.00 bits per heavy atom. The fraction of sp³-hybridized carbons (Fsp3) is 0.438. The first-order valence-electron chi connectivity index (χ1n) is 7.05. The summed E-state index contributed by atoms with van der Waals surface area (Å²) in [4.78, 5) is 4.44. The van der Waals surface area contributed by atoms with Gasteiger partial charge in [-0.25, -0.2) is 4.98 Å². The molecule has 2 N–H and O–H groups in total. The highest BCUT2D eigenvalue weighted by Gasteiger charge is 2.11. The van der Waals surface area contributed by atoms with E-state index in [1.807, 2.05) is 42.7 Å². The van der Waals surface area contributed by atoms with Crippen LogP contribution in [0.5, 0.6) is 5.75 Å². The molecule has 0 spiro atoms. The zero-order chi connectivity index (χ0) is 14.7. The van der Waals surface area contributed by atoms with Gasteiger partial charge in [0.25, 0.3) is 0 Å². The van der Waals surface area contributed by atoms with Gasteiger partial charge in [0.1, 0.15) is 17.3 Å². The second-order valence-electron chi connectivity index (χ2n) is 5.72. The van der Waals surface area contributed by atoms with Gasteiger partial charge in [-0.15, -0.1) is 0 Å². The van der Waals surface area contributed by atoms with Crippen LogP contribution in [0.2, 0.25) is 0 Å². The number of imidazole rings is 1. The van der Waals surface area contributed by atoms with Crippen LogP contribution in [0.3, 0.4) is 0 Å². The molecule has 0 aliphatic heterocycles. The first-order valence-corrected chi connectivity index (χ1v) is 7.05. The Balaban J connectivity index is 2.30. The van der Waals surface area contributed by atoms with Crippen LogP contribution in [0, 0.1) is 5.92 Å². The van der Waals surface area contributed by atoms with Gasteiger partial charge in [0.15, 0.2) is 0 Å². The Labute approximate surface area is 120 Å². The van der Waals surface area contributed by atoms with E-state index in [0.717, 1.165) is 23.6 Å². The predicted octanol–water partition coefficient (Wildman–Crippen LogP) is 3.58. The number of nitrogen functional groups attached to an aromatic ring is 1. The summed E-state index contributed by atoms with van der Waals surface area (Å²) in [6.07, 6.45) is 1.96. The summed E-state index contributed by atoms with van der Waals surface area (Å²) in [6, 6.07) is 7.91. The van der Waals surface area contributed by atoms with E-state index in [1.165, 1.54) is 0 Å². The highest BCUT2D eigenvalue weighted by molar-refractivity contribution is 5.71. The molecule has 0 amide bonds. The van der Waals surface area contributed by atoms with Crippen LogP contribution >= 0.6 is 0 Å². The molecule has 4 heteroatoms. The third-order valence-electron chi connectivity index (χ3n) is 2.92. The van der Waals surface area contributed by atoms with E-state index in [2.05, 4.69) is 18.8 Å². The molecule has 20 heavy (non-hydrogen) atoms. The average molecular weight is 273 g/mol. The fourth-order valence-electron chi connectivity index (χ4n) is 2.14. The second-order valence-corrected chi connectivity index (χ2v) is 5.72. The molecule has 1 aromatic heterocycles. The minimum atomic E-state index is 0.154. The van der Waals surface area contributed by atoms with E-state index < -0.39 is 0 Å². The lowest BCUT2D eigenvalue weighted by Gasteiger charge is -2.11. The third-order valence-corrected chi connectivity index (χ3v) is 2.92. The molecule has 2 rings (SSSR count). The van der Waals surface area contributed by atoms with Crippen molar-refractivity contribution in [3.05, 3.63) is 30.6 Å². The first kappa shape index (κ1) is 14.4. The predicted molar refractivity (Wildman–Crippen MR) is 82.7 cm³/mol. The molecule has 0 atom stereocenters. The molecule has 108 valence electrons. The lowest BCUT2D eigenvalue weighted by Crippen LogP contribution is -2.07. The number of nitrogens with zero attached hydrogens (tertiary/aromatic N) is 2. The van der Waals surface area contributed by atoms with Gasteiger partial charge in [-0.05, 0) is 31.9 Å². The van der Waals surface area contributed by atoms with E-state index >= 15 is 0 Å². The molecule has 1 aromatic carbocycles. The summed E-state index contributed by atoms with van der Waals surface area (Å²) >= 11 is 0. The van der Waals surface area contributed by atoms with Crippen molar-refractivity contribution in [2.24, 2.45) is 5.92 Å². The van der Waals surface area contributed by atoms with Gasteiger partial charge in [-0.3, -0.25) is 0 Å². The second kappa shape index (κ2) is 5.99. The minimum Gasteiger partial charge on any atom is -0.491 e. The normalized spacial score (nSPS) is 11.3. The van der Waals surface area contributed by atoms with Gasteiger partial charge in [-0.1, -0.05) is 26.0 Å². The molecule has 2 aromatic rings. The molecular formula is C16H23N3O. The molecule has 0 saturated carbocycles. The van der Waals surface area contributed by atoms with Crippen molar-refractivity contribution in [2.45, 2.75) is 40.3 Å². The van der Waals surface area contributed by atoms with Gasteiger partial charge >= 0.3 is 0 Å². The van der Waals surface area contributed by atoms with Crippen LogP contribution in [0.4, 0.5) is 5.82 Å². The molecule has 0 bridgehead atoms. The largest absolute Gasteiger partial charge is 0.491 e. The van der Waals surface area contributed by atoms with Crippen LogP contribution in [-0.2, 0) is 6.54 Å². The van der Waals surface area contributed by atoms with E-state index in [-0.39, 0.29) is 6.10 Å². The van der Waals surface area contributed by atoms with Crippen molar-refractivity contribution in [1.29, 1.82) is 0 Å². The van der Waals surface area contributed by atoms with Gasteiger partial charge < -0.3 is 15.0 Å². The summed E-state index contributed by atoms with van der Waals surface area (Å²) in [7, 11) is 0. The molecule has 0 aliphatic carbocycles. The Hall–Kier alpha value is -1.97. The number of rotatable bonds is 5. The molecule has 0 fully saturated rings. The number of aromatic nitrogens is 2.